The molecule has 2 N–H and O–H groups in total. The number of hydrogen-bond donors (Lipinski definition) is 2. The maximum Gasteiger partial charge on any atom is 0.270 e. The van der Waals surface area contributed by atoms with Crippen molar-refractivity contribution in [2.75, 3.05) is 26.7 Å². The summed E-state index contributed by atoms with van der Waals surface area (Å²) in [5, 5.41) is 6.37. The lowest BCUT2D eigenvalue weighted by Crippen LogP contribution is -2.58. The molecule has 0 spiro atoms. The van der Waals surface area contributed by atoms with Crippen LogP contribution in [0.5, 0.6) is 0 Å². The Kier molecular flexibility index (Phi) is 4.04. The van der Waals surface area contributed by atoms with Crippen LogP contribution in [0.15, 0.2) is 24.3 Å². The van der Waals surface area contributed by atoms with Gasteiger partial charge in [-0.25, -0.2) is 4.39 Å². The van der Waals surface area contributed by atoms with Crippen molar-refractivity contribution in [2.24, 2.45) is 7.05 Å². The van der Waals surface area contributed by atoms with E-state index in [4.69, 9.17) is 0 Å². The lowest BCUT2D eigenvalue weighted by atomic mass is 10.2. The van der Waals surface area contributed by atoms with Gasteiger partial charge in [-0.1, -0.05) is 0 Å². The van der Waals surface area contributed by atoms with Crippen LogP contribution in [0, 0.1) is 5.82 Å². The van der Waals surface area contributed by atoms with E-state index >= 15 is 0 Å². The number of nitrogens with one attached hydrogen (secondary N) is 2. The van der Waals surface area contributed by atoms with Gasteiger partial charge in [-0.3, -0.25) is 9.59 Å². The van der Waals surface area contributed by atoms with Crippen LogP contribution in [-0.4, -0.2) is 54.0 Å². The molecule has 0 saturated carbocycles. The third kappa shape index (κ3) is 2.79. The number of likely N-dealkylation sites (N-methyl/N-ethyl adjacent to an activating group) is 1. The van der Waals surface area contributed by atoms with Gasteiger partial charge >= 0.3 is 0 Å². The number of nitrogens with zero attached hydrogens (tertiary/aromatic N) is 2. The van der Waals surface area contributed by atoms with Crippen molar-refractivity contribution in [3.8, 4) is 0 Å². The van der Waals surface area contributed by atoms with Crippen molar-refractivity contribution in [3.05, 3.63) is 35.8 Å². The Balaban J connectivity index is 1.88. The van der Waals surface area contributed by atoms with Crippen LogP contribution in [0.4, 0.5) is 4.39 Å². The summed E-state index contributed by atoms with van der Waals surface area (Å²) in [6.07, 6.45) is 0. The second kappa shape index (κ2) is 6.00. The monoisotopic (exact) mass is 318 g/mol. The van der Waals surface area contributed by atoms with Gasteiger partial charge in [0, 0.05) is 44.6 Å². The highest BCUT2D eigenvalue weighted by Gasteiger charge is 2.29. The molecule has 0 unspecified atom stereocenters. The Morgan fingerprint density at radius 1 is 1.35 bits per heavy atom. The number of piperazine rings is 1. The van der Waals surface area contributed by atoms with Crippen molar-refractivity contribution < 1.29 is 14.0 Å². The fourth-order valence-electron chi connectivity index (χ4n) is 2.97. The summed E-state index contributed by atoms with van der Waals surface area (Å²) in [6.45, 7) is 1.40. The zero-order valence-electron chi connectivity index (χ0n) is 13.1. The molecule has 1 fully saturated rings. The standard InChI is InChI=1S/C16H19FN4O2/c1-18-15(22)12-9-21(6-5-19-12)16(23)14-8-10-7-11(17)3-4-13(10)20(14)2/h3-4,7-8,12,19H,5-6,9H2,1-2H3,(H,18,22)/t12-/m0/s1. The molecule has 1 saturated heterocycles. The topological polar surface area (TPSA) is 66.4 Å². The molecule has 23 heavy (non-hydrogen) atoms. The first-order chi connectivity index (χ1) is 11.0. The molecule has 0 bridgehead atoms. The molecule has 7 heteroatoms. The van der Waals surface area contributed by atoms with E-state index in [-0.39, 0.29) is 17.6 Å². The molecule has 2 aromatic rings. The molecule has 1 aromatic carbocycles. The SMILES string of the molecule is CNC(=O)[C@@H]1CN(C(=O)c2cc3cc(F)ccc3n2C)CCN1. The number of hydrogen-bond acceptors (Lipinski definition) is 3. The maximum atomic E-state index is 13.4. The summed E-state index contributed by atoms with van der Waals surface area (Å²) >= 11 is 0. The quantitative estimate of drug-likeness (QED) is 0.846. The first kappa shape index (κ1) is 15.5. The van der Waals surface area contributed by atoms with Gasteiger partial charge in [0.05, 0.1) is 0 Å². The molecule has 2 heterocycles. The number of aryl methyl sites for hydroxylation is 1. The average Bonchev–Trinajstić information content (AvgIpc) is 2.89. The maximum absolute atomic E-state index is 13.4. The van der Waals surface area contributed by atoms with E-state index in [1.165, 1.54) is 12.1 Å². The third-order valence-electron chi connectivity index (χ3n) is 4.25. The summed E-state index contributed by atoms with van der Waals surface area (Å²) in [4.78, 5) is 26.2. The molecule has 1 atom stereocenters. The van der Waals surface area contributed by atoms with Gasteiger partial charge in [-0.05, 0) is 24.3 Å². The molecule has 0 aliphatic carbocycles. The summed E-state index contributed by atoms with van der Waals surface area (Å²) in [5.41, 5.74) is 1.29. The van der Waals surface area contributed by atoms with Crippen molar-refractivity contribution in [1.82, 2.24) is 20.1 Å². The minimum atomic E-state index is -0.412. The number of aromatic nitrogens is 1. The van der Waals surface area contributed by atoms with Crippen molar-refractivity contribution in [2.45, 2.75) is 6.04 Å². The number of carbonyl (C=O) groups excluding carboxylic acids is 2. The highest BCUT2D eigenvalue weighted by Crippen LogP contribution is 2.21. The molecule has 0 radical (unpaired) electrons. The molecule has 1 aliphatic heterocycles. The predicted octanol–water partition coefficient (Wildman–Crippen LogP) is 0.477. The van der Waals surface area contributed by atoms with Crippen molar-refractivity contribution in [1.29, 1.82) is 0 Å². The van der Waals surface area contributed by atoms with Gasteiger partial charge in [-0.15, -0.1) is 0 Å². The molecule has 1 aromatic heterocycles. The van der Waals surface area contributed by atoms with Gasteiger partial charge in [0.2, 0.25) is 5.91 Å². The molecular weight excluding hydrogens is 299 g/mol. The summed E-state index contributed by atoms with van der Waals surface area (Å²) in [7, 11) is 3.36. The van der Waals surface area contributed by atoms with E-state index in [9.17, 15) is 14.0 Å². The van der Waals surface area contributed by atoms with E-state index in [0.29, 0.717) is 30.7 Å². The minimum absolute atomic E-state index is 0.137. The predicted molar refractivity (Wildman–Crippen MR) is 84.6 cm³/mol. The van der Waals surface area contributed by atoms with E-state index in [1.54, 1.807) is 35.7 Å². The lowest BCUT2D eigenvalue weighted by molar-refractivity contribution is -0.123. The second-order valence-electron chi connectivity index (χ2n) is 5.66. The van der Waals surface area contributed by atoms with Gasteiger partial charge in [0.15, 0.2) is 0 Å². The van der Waals surface area contributed by atoms with Crippen LogP contribution in [0.3, 0.4) is 0 Å². The average molecular weight is 318 g/mol. The zero-order valence-corrected chi connectivity index (χ0v) is 13.1. The second-order valence-corrected chi connectivity index (χ2v) is 5.66. The van der Waals surface area contributed by atoms with Gasteiger partial charge in [0.25, 0.3) is 5.91 Å². The molecule has 6 nitrogen and oxygen atoms in total. The highest BCUT2D eigenvalue weighted by atomic mass is 19.1. The third-order valence-corrected chi connectivity index (χ3v) is 4.25. The molecule has 122 valence electrons. The first-order valence-corrected chi connectivity index (χ1v) is 7.50. The fraction of sp³-hybridized carbons (Fsp3) is 0.375. The Bertz CT molecular complexity index is 771. The van der Waals surface area contributed by atoms with E-state index in [1.807, 2.05) is 0 Å². The van der Waals surface area contributed by atoms with E-state index in [0.717, 1.165) is 5.52 Å². The molecule has 3 rings (SSSR count). The largest absolute Gasteiger partial charge is 0.358 e. The number of rotatable bonds is 2. The summed E-state index contributed by atoms with van der Waals surface area (Å²) in [6, 6.07) is 5.73. The smallest absolute Gasteiger partial charge is 0.270 e. The summed E-state index contributed by atoms with van der Waals surface area (Å²) < 4.78 is 15.1. The minimum Gasteiger partial charge on any atom is -0.358 e. The zero-order chi connectivity index (χ0) is 16.6. The van der Waals surface area contributed by atoms with Gasteiger partial charge in [-0.2, -0.15) is 0 Å². The Morgan fingerprint density at radius 2 is 2.13 bits per heavy atom. The number of fused-ring (bicyclic) bond motifs is 1. The van der Waals surface area contributed by atoms with Crippen molar-refractivity contribution in [3.63, 3.8) is 0 Å². The van der Waals surface area contributed by atoms with Crippen LogP contribution < -0.4 is 10.6 Å². The number of benzene rings is 1. The molecule has 2 amide bonds. The van der Waals surface area contributed by atoms with Gasteiger partial charge in [0.1, 0.15) is 17.6 Å². The Morgan fingerprint density at radius 3 is 2.87 bits per heavy atom. The highest BCUT2D eigenvalue weighted by molar-refractivity contribution is 5.99. The lowest BCUT2D eigenvalue weighted by Gasteiger charge is -2.32. The number of amides is 2. The van der Waals surface area contributed by atoms with Crippen LogP contribution >= 0.6 is 0 Å². The van der Waals surface area contributed by atoms with Gasteiger partial charge < -0.3 is 20.1 Å². The number of carbonyl (C=O) groups is 2. The Hall–Kier alpha value is -2.41. The van der Waals surface area contributed by atoms with Crippen LogP contribution in [0.25, 0.3) is 10.9 Å². The normalized spacial score (nSPS) is 18.2. The van der Waals surface area contributed by atoms with Crippen molar-refractivity contribution >= 4 is 22.7 Å². The molecular formula is C16H19FN4O2. The van der Waals surface area contributed by atoms with E-state index < -0.39 is 6.04 Å². The summed E-state index contributed by atoms with van der Waals surface area (Å²) in [5.74, 6) is -0.620. The molecule has 1 aliphatic rings. The Labute approximate surface area is 133 Å². The van der Waals surface area contributed by atoms with Crippen LogP contribution in [-0.2, 0) is 11.8 Å². The fourth-order valence-corrected chi connectivity index (χ4v) is 2.97. The van der Waals surface area contributed by atoms with Crippen LogP contribution in [0.1, 0.15) is 10.5 Å². The van der Waals surface area contributed by atoms with E-state index in [2.05, 4.69) is 10.6 Å². The first-order valence-electron chi connectivity index (χ1n) is 7.50. The van der Waals surface area contributed by atoms with Crippen LogP contribution in [0.2, 0.25) is 0 Å². The number of halogens is 1.